The average molecular weight is 249 g/mol. The Bertz CT molecular complexity index is 419. The van der Waals surface area contributed by atoms with Gasteiger partial charge in [-0.15, -0.1) is 0 Å². The molecule has 0 saturated heterocycles. The minimum Gasteiger partial charge on any atom is -0.370 e. The molecule has 0 radical (unpaired) electrons. The van der Waals surface area contributed by atoms with Crippen molar-refractivity contribution in [2.24, 2.45) is 0 Å². The second-order valence-electron chi connectivity index (χ2n) is 4.47. The summed E-state index contributed by atoms with van der Waals surface area (Å²) in [5, 5.41) is 9.12. The van der Waals surface area contributed by atoms with Crippen molar-refractivity contribution in [3.05, 3.63) is 12.4 Å². The van der Waals surface area contributed by atoms with Gasteiger partial charge in [-0.3, -0.25) is 4.79 Å². The number of hydrogen-bond acceptors (Lipinski definition) is 5. The molecule has 6 heteroatoms. The zero-order valence-corrected chi connectivity index (χ0v) is 10.7. The van der Waals surface area contributed by atoms with Crippen LogP contribution in [-0.2, 0) is 4.79 Å². The van der Waals surface area contributed by atoms with E-state index in [0.29, 0.717) is 11.9 Å². The van der Waals surface area contributed by atoms with Crippen LogP contribution in [0.3, 0.4) is 0 Å². The maximum atomic E-state index is 11.8. The molecule has 1 amide bonds. The van der Waals surface area contributed by atoms with E-state index in [9.17, 15) is 4.79 Å². The van der Waals surface area contributed by atoms with E-state index in [1.807, 2.05) is 13.8 Å². The molecule has 1 unspecified atom stereocenters. The third-order valence-electron chi connectivity index (χ3n) is 2.71. The van der Waals surface area contributed by atoms with E-state index in [4.69, 9.17) is 0 Å². The summed E-state index contributed by atoms with van der Waals surface area (Å²) in [5.41, 5.74) is 0. The third kappa shape index (κ3) is 3.58. The normalized spacial score (nSPS) is 15.9. The Morgan fingerprint density at radius 1 is 1.44 bits per heavy atom. The van der Waals surface area contributed by atoms with Gasteiger partial charge in [-0.1, -0.05) is 0 Å². The van der Waals surface area contributed by atoms with Gasteiger partial charge in [0.1, 0.15) is 24.0 Å². The highest BCUT2D eigenvalue weighted by Gasteiger charge is 2.25. The van der Waals surface area contributed by atoms with Crippen molar-refractivity contribution >= 4 is 17.5 Å². The molecule has 1 aliphatic carbocycles. The number of carbonyl (C=O) groups excluding carboxylic acids is 1. The SMILES string of the molecule is CCNc1cc(NC(C)C(=O)NC2CC2)ncn1. The molecular formula is C12H19N5O. The van der Waals surface area contributed by atoms with Crippen LogP contribution in [0.5, 0.6) is 0 Å². The molecule has 1 aliphatic rings. The molecule has 1 heterocycles. The summed E-state index contributed by atoms with van der Waals surface area (Å²) in [6.07, 6.45) is 3.67. The van der Waals surface area contributed by atoms with Crippen LogP contribution in [0.25, 0.3) is 0 Å². The zero-order valence-electron chi connectivity index (χ0n) is 10.7. The summed E-state index contributed by atoms with van der Waals surface area (Å²) in [6.45, 7) is 4.63. The monoisotopic (exact) mass is 249 g/mol. The van der Waals surface area contributed by atoms with Crippen molar-refractivity contribution in [1.82, 2.24) is 15.3 Å². The quantitative estimate of drug-likeness (QED) is 0.700. The van der Waals surface area contributed by atoms with Crippen LogP contribution >= 0.6 is 0 Å². The van der Waals surface area contributed by atoms with Crippen LogP contribution in [0.1, 0.15) is 26.7 Å². The number of amides is 1. The first-order valence-corrected chi connectivity index (χ1v) is 6.32. The molecule has 18 heavy (non-hydrogen) atoms. The summed E-state index contributed by atoms with van der Waals surface area (Å²) in [5.74, 6) is 1.42. The number of nitrogens with zero attached hydrogens (tertiary/aromatic N) is 2. The minimum absolute atomic E-state index is 0.0149. The molecule has 0 aromatic carbocycles. The molecule has 1 saturated carbocycles. The van der Waals surface area contributed by atoms with Crippen molar-refractivity contribution in [2.45, 2.75) is 38.8 Å². The second kappa shape index (κ2) is 5.66. The van der Waals surface area contributed by atoms with E-state index in [1.54, 1.807) is 6.07 Å². The average Bonchev–Trinajstić information content (AvgIpc) is 3.14. The van der Waals surface area contributed by atoms with Crippen molar-refractivity contribution < 1.29 is 4.79 Å². The third-order valence-corrected chi connectivity index (χ3v) is 2.71. The van der Waals surface area contributed by atoms with Gasteiger partial charge in [0.05, 0.1) is 0 Å². The number of hydrogen-bond donors (Lipinski definition) is 3. The maximum Gasteiger partial charge on any atom is 0.242 e. The van der Waals surface area contributed by atoms with Gasteiger partial charge in [-0.25, -0.2) is 9.97 Å². The molecular weight excluding hydrogens is 230 g/mol. The number of rotatable bonds is 6. The Kier molecular flexibility index (Phi) is 3.96. The molecule has 1 aromatic heterocycles. The molecule has 98 valence electrons. The van der Waals surface area contributed by atoms with Crippen LogP contribution in [-0.4, -0.2) is 34.5 Å². The lowest BCUT2D eigenvalue weighted by Crippen LogP contribution is -2.38. The van der Waals surface area contributed by atoms with Crippen LogP contribution in [0.2, 0.25) is 0 Å². The molecule has 0 bridgehead atoms. The van der Waals surface area contributed by atoms with Gasteiger partial charge >= 0.3 is 0 Å². The highest BCUT2D eigenvalue weighted by Crippen LogP contribution is 2.19. The van der Waals surface area contributed by atoms with E-state index >= 15 is 0 Å². The number of carbonyl (C=O) groups is 1. The van der Waals surface area contributed by atoms with Crippen molar-refractivity contribution in [1.29, 1.82) is 0 Å². The highest BCUT2D eigenvalue weighted by molar-refractivity contribution is 5.84. The fourth-order valence-electron chi connectivity index (χ4n) is 1.56. The summed E-state index contributed by atoms with van der Waals surface area (Å²) in [6, 6.07) is 1.88. The largest absolute Gasteiger partial charge is 0.370 e. The molecule has 3 N–H and O–H groups in total. The fraction of sp³-hybridized carbons (Fsp3) is 0.583. The first kappa shape index (κ1) is 12.6. The van der Waals surface area contributed by atoms with E-state index in [2.05, 4.69) is 25.9 Å². The van der Waals surface area contributed by atoms with Gasteiger partial charge in [-0.2, -0.15) is 0 Å². The lowest BCUT2D eigenvalue weighted by molar-refractivity contribution is -0.121. The lowest BCUT2D eigenvalue weighted by atomic mass is 10.3. The standard InChI is InChI=1S/C12H19N5O/c1-3-13-10-6-11(15-7-14-10)16-8(2)12(18)17-9-4-5-9/h6-9H,3-5H2,1-2H3,(H,17,18)(H2,13,14,15,16). The van der Waals surface area contributed by atoms with Crippen molar-refractivity contribution in [3.63, 3.8) is 0 Å². The zero-order chi connectivity index (χ0) is 13.0. The number of anilines is 2. The Hall–Kier alpha value is -1.85. The summed E-state index contributed by atoms with van der Waals surface area (Å²) in [4.78, 5) is 19.9. The Labute approximate surface area is 107 Å². The van der Waals surface area contributed by atoms with Gasteiger partial charge in [0.15, 0.2) is 0 Å². The predicted octanol–water partition coefficient (Wildman–Crippen LogP) is 0.987. The van der Waals surface area contributed by atoms with Gasteiger partial charge in [0.2, 0.25) is 5.91 Å². The first-order valence-electron chi connectivity index (χ1n) is 6.32. The summed E-state index contributed by atoms with van der Waals surface area (Å²) < 4.78 is 0. The molecule has 0 spiro atoms. The smallest absolute Gasteiger partial charge is 0.242 e. The van der Waals surface area contributed by atoms with Gasteiger partial charge in [0, 0.05) is 18.7 Å². The predicted molar refractivity (Wildman–Crippen MR) is 70.4 cm³/mol. The van der Waals surface area contributed by atoms with Crippen LogP contribution in [0, 0.1) is 0 Å². The van der Waals surface area contributed by atoms with Gasteiger partial charge < -0.3 is 16.0 Å². The minimum atomic E-state index is -0.296. The summed E-state index contributed by atoms with van der Waals surface area (Å²) in [7, 11) is 0. The van der Waals surface area contributed by atoms with Crippen molar-refractivity contribution in [2.75, 3.05) is 17.2 Å². The van der Waals surface area contributed by atoms with Gasteiger partial charge in [0.25, 0.3) is 0 Å². The molecule has 1 atom stereocenters. The highest BCUT2D eigenvalue weighted by atomic mass is 16.2. The Morgan fingerprint density at radius 3 is 2.83 bits per heavy atom. The maximum absolute atomic E-state index is 11.8. The number of aromatic nitrogens is 2. The fourth-order valence-corrected chi connectivity index (χ4v) is 1.56. The first-order chi connectivity index (χ1) is 8.69. The molecule has 2 rings (SSSR count). The summed E-state index contributed by atoms with van der Waals surface area (Å²) >= 11 is 0. The van der Waals surface area contributed by atoms with E-state index in [1.165, 1.54) is 6.33 Å². The van der Waals surface area contributed by atoms with Crippen LogP contribution < -0.4 is 16.0 Å². The molecule has 1 fully saturated rings. The molecule has 0 aliphatic heterocycles. The van der Waals surface area contributed by atoms with E-state index in [0.717, 1.165) is 25.2 Å². The Morgan fingerprint density at radius 2 is 2.17 bits per heavy atom. The molecule has 1 aromatic rings. The molecule has 6 nitrogen and oxygen atoms in total. The van der Waals surface area contributed by atoms with Crippen molar-refractivity contribution in [3.8, 4) is 0 Å². The van der Waals surface area contributed by atoms with Gasteiger partial charge in [-0.05, 0) is 26.7 Å². The van der Waals surface area contributed by atoms with Crippen LogP contribution in [0.15, 0.2) is 12.4 Å². The van der Waals surface area contributed by atoms with Crippen LogP contribution in [0.4, 0.5) is 11.6 Å². The number of nitrogens with one attached hydrogen (secondary N) is 3. The Balaban J connectivity index is 1.90. The second-order valence-corrected chi connectivity index (χ2v) is 4.47. The van der Waals surface area contributed by atoms with E-state index in [-0.39, 0.29) is 11.9 Å². The van der Waals surface area contributed by atoms with E-state index < -0.39 is 0 Å². The topological polar surface area (TPSA) is 78.9 Å². The lowest BCUT2D eigenvalue weighted by Gasteiger charge is -2.14.